The fourth-order valence-corrected chi connectivity index (χ4v) is 10.7. The molecule has 6 aliphatic heterocycles. The lowest BCUT2D eigenvalue weighted by molar-refractivity contribution is -0.136. The molecule has 338 valence electrons. The van der Waals surface area contributed by atoms with Gasteiger partial charge in [-0.1, -0.05) is 19.9 Å². The average Bonchev–Trinajstić information content (AvgIpc) is 3.61. The van der Waals surface area contributed by atoms with E-state index < -0.39 is 11.9 Å². The molecule has 5 saturated heterocycles. The van der Waals surface area contributed by atoms with Crippen LogP contribution in [0.15, 0.2) is 42.7 Å². The van der Waals surface area contributed by atoms with Crippen LogP contribution in [0.25, 0.3) is 0 Å². The number of likely N-dealkylation sites (N-methyl/N-ethyl adjacent to an activating group) is 1. The summed E-state index contributed by atoms with van der Waals surface area (Å²) in [6.45, 7) is 14.0. The molecule has 3 aromatic rings. The molecule has 2 aromatic carbocycles. The first-order chi connectivity index (χ1) is 30.3. The van der Waals surface area contributed by atoms with Crippen LogP contribution in [0.2, 0.25) is 0 Å². The minimum atomic E-state index is -0.623. The number of aromatic nitrogens is 2. The maximum atomic E-state index is 15.7. The number of benzene rings is 2. The second-order valence-corrected chi connectivity index (χ2v) is 19.5. The van der Waals surface area contributed by atoms with Gasteiger partial charge in [0.2, 0.25) is 11.8 Å². The van der Waals surface area contributed by atoms with Crippen molar-refractivity contribution < 1.29 is 23.2 Å². The van der Waals surface area contributed by atoms with Crippen molar-refractivity contribution >= 4 is 40.7 Å². The fourth-order valence-electron chi connectivity index (χ4n) is 10.7. The molecule has 1 aromatic heterocycles. The monoisotopic (exact) mass is 868 g/mol. The Balaban J connectivity index is 0.730. The molecule has 1 atom stereocenters. The molecule has 7 heterocycles. The van der Waals surface area contributed by atoms with Crippen LogP contribution in [0.4, 0.5) is 31.8 Å². The Morgan fingerprint density at radius 2 is 1.63 bits per heavy atom. The predicted octanol–water partition coefficient (Wildman–Crippen LogP) is 4.60. The van der Waals surface area contributed by atoms with E-state index >= 15 is 8.78 Å². The second-order valence-electron chi connectivity index (χ2n) is 19.5. The maximum Gasteiger partial charge on any atom is 0.255 e. The van der Waals surface area contributed by atoms with Crippen molar-refractivity contribution in [1.29, 1.82) is 0 Å². The molecule has 3 amide bonds. The summed E-state index contributed by atoms with van der Waals surface area (Å²) >= 11 is 0. The summed E-state index contributed by atoms with van der Waals surface area (Å²) in [7, 11) is 2.17. The Morgan fingerprint density at radius 3 is 2.40 bits per heavy atom. The molecule has 1 unspecified atom stereocenters. The summed E-state index contributed by atoms with van der Waals surface area (Å²) < 4.78 is 31.2. The number of hydrogen-bond donors (Lipinski definition) is 3. The highest BCUT2D eigenvalue weighted by Gasteiger charge is 2.42. The summed E-state index contributed by atoms with van der Waals surface area (Å²) in [5.41, 5.74) is 3.58. The second kappa shape index (κ2) is 17.9. The third kappa shape index (κ3) is 9.35. The zero-order valence-corrected chi connectivity index (χ0v) is 37.1. The molecule has 0 radical (unpaired) electrons. The maximum absolute atomic E-state index is 15.7. The van der Waals surface area contributed by atoms with Crippen LogP contribution in [-0.4, -0.2) is 139 Å². The van der Waals surface area contributed by atoms with Crippen molar-refractivity contribution in [2.45, 2.75) is 95.9 Å². The molecule has 63 heavy (non-hydrogen) atoms. The van der Waals surface area contributed by atoms with Gasteiger partial charge in [0.05, 0.1) is 5.69 Å². The van der Waals surface area contributed by atoms with Gasteiger partial charge in [-0.05, 0) is 88.7 Å². The number of nitrogens with zero attached hydrogens (tertiary/aromatic N) is 8. The fraction of sp³-hybridized carbons (Fsp3) is 0.596. The molecule has 3 N–H and O–H groups in total. The van der Waals surface area contributed by atoms with E-state index in [1.54, 1.807) is 11.2 Å². The quantitative estimate of drug-likeness (QED) is 0.233. The number of fused-ring (bicyclic) bond motifs is 1. The van der Waals surface area contributed by atoms with E-state index in [0.717, 1.165) is 114 Å². The van der Waals surface area contributed by atoms with Crippen LogP contribution >= 0.6 is 0 Å². The Kier molecular flexibility index (Phi) is 12.3. The average molecular weight is 868 g/mol. The zero-order chi connectivity index (χ0) is 43.9. The molecule has 16 heteroatoms. The molecule has 1 spiro atoms. The first-order valence-corrected chi connectivity index (χ1v) is 23.1. The lowest BCUT2D eigenvalue weighted by atomic mass is 9.82. The topological polar surface area (TPSA) is 133 Å². The summed E-state index contributed by atoms with van der Waals surface area (Å²) in [5.74, 6) is 0.181. The van der Waals surface area contributed by atoms with Crippen LogP contribution in [0.1, 0.15) is 86.7 Å². The Bertz CT molecular complexity index is 2180. The van der Waals surface area contributed by atoms with E-state index in [-0.39, 0.29) is 35.4 Å². The highest BCUT2D eigenvalue weighted by molar-refractivity contribution is 6.06. The number of carbonyl (C=O) groups is 3. The smallest absolute Gasteiger partial charge is 0.255 e. The third-order valence-electron chi connectivity index (χ3n) is 14.9. The highest BCUT2D eigenvalue weighted by atomic mass is 19.1. The van der Waals surface area contributed by atoms with Crippen LogP contribution in [0.5, 0.6) is 0 Å². The van der Waals surface area contributed by atoms with Crippen molar-refractivity contribution in [3.63, 3.8) is 0 Å². The number of nitrogens with one attached hydrogen (secondary N) is 3. The minimum Gasteiger partial charge on any atom is -0.371 e. The largest absolute Gasteiger partial charge is 0.371 e. The van der Waals surface area contributed by atoms with Gasteiger partial charge in [0.25, 0.3) is 5.91 Å². The SMILES string of the molecule is CN(CCNc1cc(N2CCC3(CC2)CN(c2cc(F)c(CN4CCC(C)(C)CC4)cc2F)CCN3)ncn1)C1CCN(c2cccc3c2CN(C2CCC(=O)NC2=O)C3=O)CC1. The van der Waals surface area contributed by atoms with Gasteiger partial charge >= 0.3 is 0 Å². The summed E-state index contributed by atoms with van der Waals surface area (Å²) in [6.07, 6.45) is 8.04. The standard InChI is InChI=1S/C47H63F2N11O3/c1-46(2)11-19-56(20-12-46)28-32-25-37(49)40(26-36(32)48)59-24-16-53-47(30-59)13-21-58(22-14-47)42-27-41(51-31-52-42)50-15-23-55(3)33-9-17-57(18-10-33)38-6-4-5-34-35(38)29-60(45(34)63)39-7-8-43(61)54-44(39)62/h4-6,25-27,31,33,39,53H,7-24,28-30H2,1-3H3,(H,50,51,52)(H,54,61,62). The summed E-state index contributed by atoms with van der Waals surface area (Å²) in [6, 6.07) is 10.5. The number of amides is 3. The molecule has 0 aliphatic carbocycles. The van der Waals surface area contributed by atoms with Gasteiger partial charge in [-0.3, -0.25) is 24.6 Å². The van der Waals surface area contributed by atoms with Gasteiger partial charge in [0.15, 0.2) is 0 Å². The number of rotatable bonds is 11. The van der Waals surface area contributed by atoms with Crippen molar-refractivity contribution in [3.05, 3.63) is 71.1 Å². The van der Waals surface area contributed by atoms with Gasteiger partial charge in [-0.25, -0.2) is 18.7 Å². The number of likely N-dealkylation sites (tertiary alicyclic amines) is 1. The summed E-state index contributed by atoms with van der Waals surface area (Å²) in [4.78, 5) is 59.8. The number of carbonyl (C=O) groups excluding carboxylic acids is 3. The molecule has 0 saturated carbocycles. The Labute approximate surface area is 369 Å². The number of piperidine rings is 4. The van der Waals surface area contributed by atoms with Gasteiger partial charge in [0, 0.05) is 125 Å². The number of halogens is 2. The molecule has 5 fully saturated rings. The van der Waals surface area contributed by atoms with Crippen molar-refractivity contribution in [1.82, 2.24) is 35.3 Å². The predicted molar refractivity (Wildman–Crippen MR) is 240 cm³/mol. The third-order valence-corrected chi connectivity index (χ3v) is 14.9. The van der Waals surface area contributed by atoms with E-state index in [1.165, 1.54) is 12.1 Å². The molecule has 9 rings (SSSR count). The zero-order valence-electron chi connectivity index (χ0n) is 37.1. The van der Waals surface area contributed by atoms with E-state index in [0.29, 0.717) is 67.4 Å². The number of hydrogen-bond acceptors (Lipinski definition) is 12. The number of anilines is 4. The van der Waals surface area contributed by atoms with Crippen molar-refractivity contribution in [3.8, 4) is 0 Å². The first-order valence-electron chi connectivity index (χ1n) is 23.1. The van der Waals surface area contributed by atoms with Crippen LogP contribution < -0.4 is 30.7 Å². The molecular weight excluding hydrogens is 805 g/mol. The van der Waals surface area contributed by atoms with E-state index in [2.05, 4.69) is 72.5 Å². The van der Waals surface area contributed by atoms with Crippen molar-refractivity contribution in [2.24, 2.45) is 5.41 Å². The van der Waals surface area contributed by atoms with E-state index in [4.69, 9.17) is 0 Å². The summed E-state index contributed by atoms with van der Waals surface area (Å²) in [5, 5.41) is 9.66. The normalized spacial score (nSPS) is 23.1. The lowest BCUT2D eigenvalue weighted by Gasteiger charge is -2.49. The Hall–Kier alpha value is -4.93. The van der Waals surface area contributed by atoms with E-state index in [1.807, 2.05) is 23.1 Å². The van der Waals surface area contributed by atoms with Crippen LogP contribution in [0, 0.1) is 17.0 Å². The van der Waals surface area contributed by atoms with Crippen molar-refractivity contribution in [2.75, 3.05) is 99.1 Å². The van der Waals surface area contributed by atoms with Crippen LogP contribution in [-0.2, 0) is 22.7 Å². The minimum absolute atomic E-state index is 0.143. The number of imide groups is 1. The molecule has 6 aliphatic rings. The lowest BCUT2D eigenvalue weighted by Crippen LogP contribution is -2.64. The number of piperazine rings is 1. The Morgan fingerprint density at radius 1 is 0.857 bits per heavy atom. The van der Waals surface area contributed by atoms with Gasteiger partial charge in [0.1, 0.15) is 35.6 Å². The molecule has 14 nitrogen and oxygen atoms in total. The van der Waals surface area contributed by atoms with Gasteiger partial charge < -0.3 is 35.1 Å². The molecular formula is C47H63F2N11O3. The molecule has 0 bridgehead atoms. The van der Waals surface area contributed by atoms with Gasteiger partial charge in [-0.15, -0.1) is 0 Å². The van der Waals surface area contributed by atoms with Gasteiger partial charge in [-0.2, -0.15) is 0 Å². The van der Waals surface area contributed by atoms with Crippen LogP contribution in [0.3, 0.4) is 0 Å². The highest BCUT2D eigenvalue weighted by Crippen LogP contribution is 2.37. The first kappa shape index (κ1) is 43.3. The van der Waals surface area contributed by atoms with E-state index in [9.17, 15) is 14.4 Å².